The second-order valence-corrected chi connectivity index (χ2v) is 2.42. The molecule has 0 unspecified atom stereocenters. The zero-order valence-electron chi connectivity index (χ0n) is 7.06. The minimum absolute atomic E-state index is 0.194. The molecule has 0 aliphatic carbocycles. The predicted molar refractivity (Wildman–Crippen MR) is 42.7 cm³/mol. The molecule has 0 radical (unpaired) electrons. The Bertz CT molecular complexity index is 419. The van der Waals surface area contributed by atoms with Gasteiger partial charge in [0.2, 0.25) is 0 Å². The summed E-state index contributed by atoms with van der Waals surface area (Å²) < 4.78 is 36.1. The van der Waals surface area contributed by atoms with Crippen LogP contribution in [0.4, 0.5) is 13.2 Å². The molecule has 0 saturated carbocycles. The third-order valence-electron chi connectivity index (χ3n) is 1.44. The lowest BCUT2D eigenvalue weighted by Gasteiger charge is -2.04. The van der Waals surface area contributed by atoms with Gasteiger partial charge in [0.25, 0.3) is 5.91 Å². The first-order valence-corrected chi connectivity index (χ1v) is 3.58. The SMILES string of the molecule is [N-]=[N+]=NC(=O)c1ccc(C(F)(F)F)nc1. The van der Waals surface area contributed by atoms with Gasteiger partial charge in [-0.25, -0.2) is 0 Å². The van der Waals surface area contributed by atoms with E-state index in [1.54, 1.807) is 0 Å². The highest BCUT2D eigenvalue weighted by Gasteiger charge is 2.32. The molecular formula is C7H3F3N4O. The Labute approximate surface area is 81.2 Å². The van der Waals surface area contributed by atoms with Crippen molar-refractivity contribution in [3.63, 3.8) is 0 Å². The molecule has 0 N–H and O–H groups in total. The van der Waals surface area contributed by atoms with Crippen LogP contribution in [0.5, 0.6) is 0 Å². The fourth-order valence-corrected chi connectivity index (χ4v) is 0.786. The maximum absolute atomic E-state index is 12.0. The van der Waals surface area contributed by atoms with E-state index >= 15 is 0 Å². The summed E-state index contributed by atoms with van der Waals surface area (Å²) in [5.74, 6) is -0.973. The number of hydrogen-bond donors (Lipinski definition) is 0. The van der Waals surface area contributed by atoms with Crippen molar-refractivity contribution in [2.24, 2.45) is 5.11 Å². The van der Waals surface area contributed by atoms with Crippen LogP contribution in [0.3, 0.4) is 0 Å². The molecule has 0 atom stereocenters. The number of pyridine rings is 1. The van der Waals surface area contributed by atoms with Crippen molar-refractivity contribution in [1.29, 1.82) is 0 Å². The van der Waals surface area contributed by atoms with Crippen LogP contribution >= 0.6 is 0 Å². The Morgan fingerprint density at radius 3 is 2.53 bits per heavy atom. The highest BCUT2D eigenvalue weighted by Crippen LogP contribution is 2.27. The number of azide groups is 1. The van der Waals surface area contributed by atoms with E-state index in [0.717, 1.165) is 6.07 Å². The summed E-state index contributed by atoms with van der Waals surface area (Å²) in [5.41, 5.74) is 6.61. The van der Waals surface area contributed by atoms with Gasteiger partial charge in [-0.2, -0.15) is 13.2 Å². The summed E-state index contributed by atoms with van der Waals surface area (Å²) in [7, 11) is 0. The van der Waals surface area contributed by atoms with Crippen LogP contribution in [0.25, 0.3) is 10.4 Å². The maximum atomic E-state index is 12.0. The van der Waals surface area contributed by atoms with Gasteiger partial charge in [0.1, 0.15) is 5.69 Å². The van der Waals surface area contributed by atoms with Crippen LogP contribution < -0.4 is 0 Å². The lowest BCUT2D eigenvalue weighted by atomic mass is 10.2. The van der Waals surface area contributed by atoms with Gasteiger partial charge in [0, 0.05) is 16.7 Å². The van der Waals surface area contributed by atoms with Crippen LogP contribution in [0, 0.1) is 0 Å². The molecule has 0 aromatic carbocycles. The zero-order chi connectivity index (χ0) is 11.5. The standard InChI is InChI=1S/C7H3F3N4O/c8-7(9,10)5-2-1-4(3-12-5)6(15)13-14-11/h1-3H. The van der Waals surface area contributed by atoms with E-state index in [1.165, 1.54) is 0 Å². The molecule has 1 aromatic rings. The molecule has 1 heterocycles. The normalized spacial score (nSPS) is 10.6. The van der Waals surface area contributed by atoms with E-state index in [0.29, 0.717) is 12.3 Å². The largest absolute Gasteiger partial charge is 0.433 e. The van der Waals surface area contributed by atoms with Crippen LogP contribution in [0.2, 0.25) is 0 Å². The molecule has 8 heteroatoms. The fraction of sp³-hybridized carbons (Fsp3) is 0.143. The third kappa shape index (κ3) is 2.68. The van der Waals surface area contributed by atoms with Gasteiger partial charge < -0.3 is 0 Å². The van der Waals surface area contributed by atoms with Crippen molar-refractivity contribution < 1.29 is 18.0 Å². The van der Waals surface area contributed by atoms with E-state index in [4.69, 9.17) is 5.53 Å². The molecule has 0 aliphatic rings. The smallest absolute Gasteiger partial charge is 0.287 e. The lowest BCUT2D eigenvalue weighted by Crippen LogP contribution is -2.08. The van der Waals surface area contributed by atoms with E-state index in [2.05, 4.69) is 15.0 Å². The Morgan fingerprint density at radius 1 is 1.47 bits per heavy atom. The second kappa shape index (κ2) is 3.97. The molecule has 78 valence electrons. The van der Waals surface area contributed by atoms with Gasteiger partial charge >= 0.3 is 6.18 Å². The minimum Gasteiger partial charge on any atom is -0.287 e. The molecule has 1 amide bonds. The van der Waals surface area contributed by atoms with Gasteiger partial charge in [-0.1, -0.05) is 0 Å². The number of aromatic nitrogens is 1. The van der Waals surface area contributed by atoms with E-state index < -0.39 is 17.8 Å². The third-order valence-corrected chi connectivity index (χ3v) is 1.44. The summed E-state index contributed by atoms with van der Waals surface area (Å²) in [6.45, 7) is 0. The van der Waals surface area contributed by atoms with Crippen LogP contribution in [-0.2, 0) is 6.18 Å². The van der Waals surface area contributed by atoms with Crippen LogP contribution in [0.1, 0.15) is 16.1 Å². The summed E-state index contributed by atoms with van der Waals surface area (Å²) in [6.07, 6.45) is -3.85. The fourth-order valence-electron chi connectivity index (χ4n) is 0.786. The number of carbonyl (C=O) groups excluding carboxylic acids is 1. The Morgan fingerprint density at radius 2 is 2.13 bits per heavy atom. The average Bonchev–Trinajstić information content (AvgIpc) is 2.17. The topological polar surface area (TPSA) is 78.7 Å². The van der Waals surface area contributed by atoms with Gasteiger partial charge in [-0.3, -0.25) is 9.78 Å². The van der Waals surface area contributed by atoms with Gasteiger partial charge in [-0.05, 0) is 22.8 Å². The second-order valence-electron chi connectivity index (χ2n) is 2.42. The van der Waals surface area contributed by atoms with Crippen molar-refractivity contribution in [3.8, 4) is 0 Å². The first-order chi connectivity index (χ1) is 6.95. The van der Waals surface area contributed by atoms with E-state index in [9.17, 15) is 18.0 Å². The van der Waals surface area contributed by atoms with Crippen molar-refractivity contribution >= 4 is 5.91 Å². The van der Waals surface area contributed by atoms with E-state index in [-0.39, 0.29) is 5.56 Å². The molecule has 0 fully saturated rings. The van der Waals surface area contributed by atoms with Crippen molar-refractivity contribution in [2.75, 3.05) is 0 Å². The average molecular weight is 216 g/mol. The maximum Gasteiger partial charge on any atom is 0.433 e. The summed E-state index contributed by atoms with van der Waals surface area (Å²) >= 11 is 0. The quantitative estimate of drug-likeness (QED) is 0.410. The molecule has 0 bridgehead atoms. The Hall–Kier alpha value is -2.08. The first kappa shape index (κ1) is 11.0. The zero-order valence-corrected chi connectivity index (χ0v) is 7.06. The summed E-state index contributed by atoms with van der Waals surface area (Å²) in [4.78, 5) is 16.1. The number of halogens is 3. The summed E-state index contributed by atoms with van der Waals surface area (Å²) in [6, 6.07) is 1.53. The van der Waals surface area contributed by atoms with Crippen molar-refractivity contribution in [2.45, 2.75) is 6.18 Å². The summed E-state index contributed by atoms with van der Waals surface area (Å²) in [5, 5.41) is 2.71. The Balaban J connectivity index is 3.00. The molecular weight excluding hydrogens is 213 g/mol. The molecule has 1 rings (SSSR count). The minimum atomic E-state index is -4.56. The van der Waals surface area contributed by atoms with Gasteiger partial charge in [0.05, 0.1) is 0 Å². The number of amides is 1. The Kier molecular flexibility index (Phi) is 2.91. The number of carbonyl (C=O) groups is 1. The van der Waals surface area contributed by atoms with Gasteiger partial charge in [-0.15, -0.1) is 0 Å². The first-order valence-electron chi connectivity index (χ1n) is 3.58. The molecule has 1 aromatic heterocycles. The number of rotatable bonds is 1. The molecule has 15 heavy (non-hydrogen) atoms. The van der Waals surface area contributed by atoms with E-state index in [1.807, 2.05) is 0 Å². The number of alkyl halides is 3. The lowest BCUT2D eigenvalue weighted by molar-refractivity contribution is -0.141. The number of nitrogens with zero attached hydrogens (tertiary/aromatic N) is 4. The molecule has 5 nitrogen and oxygen atoms in total. The highest BCUT2D eigenvalue weighted by molar-refractivity contribution is 5.94. The van der Waals surface area contributed by atoms with Crippen LogP contribution in [-0.4, -0.2) is 10.9 Å². The highest BCUT2D eigenvalue weighted by atomic mass is 19.4. The van der Waals surface area contributed by atoms with Crippen molar-refractivity contribution in [3.05, 3.63) is 40.0 Å². The van der Waals surface area contributed by atoms with Gasteiger partial charge in [0.15, 0.2) is 0 Å². The molecule has 0 spiro atoms. The van der Waals surface area contributed by atoms with Crippen LogP contribution in [0.15, 0.2) is 23.4 Å². The molecule has 0 saturated heterocycles. The number of hydrogen-bond acceptors (Lipinski definition) is 2. The predicted octanol–water partition coefficient (Wildman–Crippen LogP) is 2.55. The molecule has 0 aliphatic heterocycles. The monoisotopic (exact) mass is 216 g/mol. The van der Waals surface area contributed by atoms with Crippen molar-refractivity contribution in [1.82, 2.24) is 4.98 Å².